The Morgan fingerprint density at radius 1 is 1.11 bits per heavy atom. The first-order chi connectivity index (χ1) is 17.5. The van der Waals surface area contributed by atoms with Gasteiger partial charge in [0, 0.05) is 12.0 Å². The van der Waals surface area contributed by atoms with Crippen molar-refractivity contribution in [1.82, 2.24) is 10.3 Å². The smallest absolute Gasteiger partial charge is 0.314 e. The number of rotatable bonds is 4. The van der Waals surface area contributed by atoms with Crippen LogP contribution in [0.1, 0.15) is 29.2 Å². The van der Waals surface area contributed by atoms with Crippen molar-refractivity contribution in [3.8, 4) is 23.0 Å². The molecule has 0 unspecified atom stereocenters. The Kier molecular flexibility index (Phi) is 5.30. The molecule has 182 valence electrons. The highest BCUT2D eigenvalue weighted by atomic mass is 32.2. The van der Waals surface area contributed by atoms with E-state index in [1.54, 1.807) is 12.1 Å². The lowest BCUT2D eigenvalue weighted by Gasteiger charge is -2.45. The van der Waals surface area contributed by atoms with Crippen molar-refractivity contribution in [2.45, 2.75) is 18.3 Å². The standard InChI is InChI=1S/C27H23N3O5S/c1-33-22-12-16(13-23(34-2)25(22)31)14-24-27(28-26(32)36-24)30-20(18-10-6-7-11-21(18)35-27)15-19(29-30)17-8-4-3-5-9-17/h3-14,20,31H,15H2,1-2H3,(H,28,32)/b24-14-/t20-,27+/m0/s1. The van der Waals surface area contributed by atoms with E-state index in [0.29, 0.717) is 22.6 Å². The second kappa shape index (κ2) is 8.53. The fraction of sp³-hybridized carbons (Fsp3) is 0.185. The Bertz CT molecular complexity index is 1400. The van der Waals surface area contributed by atoms with Crippen LogP contribution in [0, 0.1) is 0 Å². The number of aromatic hydroxyl groups is 1. The monoisotopic (exact) mass is 501 g/mol. The quantitative estimate of drug-likeness (QED) is 0.514. The number of phenolic OH excluding ortho intramolecular Hbond substituents is 1. The normalized spacial score (nSPS) is 23.1. The van der Waals surface area contributed by atoms with E-state index in [1.165, 1.54) is 14.2 Å². The molecule has 0 saturated carbocycles. The van der Waals surface area contributed by atoms with Gasteiger partial charge < -0.3 is 19.3 Å². The number of nitrogens with zero attached hydrogens (tertiary/aromatic N) is 2. The zero-order valence-corrected chi connectivity index (χ0v) is 20.4. The van der Waals surface area contributed by atoms with Crippen LogP contribution in [0.25, 0.3) is 6.08 Å². The van der Waals surface area contributed by atoms with Gasteiger partial charge in [0.25, 0.3) is 5.24 Å². The number of carbonyl (C=O) groups is 1. The highest BCUT2D eigenvalue weighted by Crippen LogP contribution is 2.53. The zero-order chi connectivity index (χ0) is 24.9. The van der Waals surface area contributed by atoms with Crippen molar-refractivity contribution in [3.05, 3.63) is 88.3 Å². The van der Waals surface area contributed by atoms with Crippen molar-refractivity contribution in [3.63, 3.8) is 0 Å². The average Bonchev–Trinajstić information content (AvgIpc) is 3.48. The lowest BCUT2D eigenvalue weighted by atomic mass is 9.95. The summed E-state index contributed by atoms with van der Waals surface area (Å²) in [5.74, 6) is -0.204. The molecule has 3 aliphatic heterocycles. The molecule has 3 aromatic carbocycles. The van der Waals surface area contributed by atoms with Crippen molar-refractivity contribution in [1.29, 1.82) is 0 Å². The summed E-state index contributed by atoms with van der Waals surface area (Å²) in [5, 5.41) is 20.0. The number of fused-ring (bicyclic) bond motifs is 4. The summed E-state index contributed by atoms with van der Waals surface area (Å²) in [6.45, 7) is 0. The third-order valence-electron chi connectivity index (χ3n) is 6.48. The Morgan fingerprint density at radius 3 is 2.53 bits per heavy atom. The van der Waals surface area contributed by atoms with Crippen LogP contribution in [0.5, 0.6) is 23.0 Å². The number of para-hydroxylation sites is 1. The summed E-state index contributed by atoms with van der Waals surface area (Å²) in [6.07, 6.45) is 2.49. The van der Waals surface area contributed by atoms with E-state index in [9.17, 15) is 9.90 Å². The zero-order valence-electron chi connectivity index (χ0n) is 19.6. The number of thioether (sulfide) groups is 1. The molecule has 0 bridgehead atoms. The number of benzene rings is 3. The molecular weight excluding hydrogens is 478 g/mol. The first-order valence-corrected chi connectivity index (χ1v) is 12.2. The number of hydrogen-bond acceptors (Lipinski definition) is 8. The number of nitrogens with one attached hydrogen (secondary N) is 1. The predicted molar refractivity (Wildman–Crippen MR) is 137 cm³/mol. The van der Waals surface area contributed by atoms with Gasteiger partial charge in [0.2, 0.25) is 5.75 Å². The van der Waals surface area contributed by atoms with E-state index in [2.05, 4.69) is 5.32 Å². The van der Waals surface area contributed by atoms with Crippen LogP contribution >= 0.6 is 11.8 Å². The number of hydrazone groups is 1. The SMILES string of the molecule is COc1cc(/C=C2\SC(=O)N[C@]23Oc2ccccc2[C@@H]2CC(c4ccccc4)=NN23)cc(OC)c1O. The molecule has 1 saturated heterocycles. The van der Waals surface area contributed by atoms with E-state index >= 15 is 0 Å². The molecule has 2 N–H and O–H groups in total. The summed E-state index contributed by atoms with van der Waals surface area (Å²) < 4.78 is 17.2. The van der Waals surface area contributed by atoms with E-state index in [-0.39, 0.29) is 28.5 Å². The fourth-order valence-electron chi connectivity index (χ4n) is 4.82. The van der Waals surface area contributed by atoms with Crippen molar-refractivity contribution in [2.75, 3.05) is 14.2 Å². The lowest BCUT2D eigenvalue weighted by Crippen LogP contribution is -2.61. The summed E-state index contributed by atoms with van der Waals surface area (Å²) in [7, 11) is 2.94. The van der Waals surface area contributed by atoms with Crippen LogP contribution in [0.2, 0.25) is 0 Å². The molecule has 1 spiro atoms. The lowest BCUT2D eigenvalue weighted by molar-refractivity contribution is -0.0949. The minimum absolute atomic E-state index is 0.0929. The molecule has 0 aromatic heterocycles. The van der Waals surface area contributed by atoms with Gasteiger partial charge in [-0.15, -0.1) is 0 Å². The number of phenols is 1. The molecule has 6 rings (SSSR count). The van der Waals surface area contributed by atoms with E-state index in [0.717, 1.165) is 28.6 Å². The molecule has 1 amide bonds. The van der Waals surface area contributed by atoms with Gasteiger partial charge in [-0.3, -0.25) is 10.1 Å². The van der Waals surface area contributed by atoms with Crippen LogP contribution in [-0.2, 0) is 0 Å². The second-order valence-electron chi connectivity index (χ2n) is 8.56. The van der Waals surface area contributed by atoms with Crippen LogP contribution < -0.4 is 19.5 Å². The summed E-state index contributed by atoms with van der Waals surface area (Å²) in [4.78, 5) is 13.4. The minimum atomic E-state index is -1.32. The highest BCUT2D eigenvalue weighted by molar-refractivity contribution is 8.17. The minimum Gasteiger partial charge on any atom is -0.502 e. The molecule has 0 radical (unpaired) electrons. The molecule has 3 heterocycles. The van der Waals surface area contributed by atoms with Crippen molar-refractivity contribution < 1.29 is 24.1 Å². The summed E-state index contributed by atoms with van der Waals surface area (Å²) in [6, 6.07) is 21.1. The maximum atomic E-state index is 12.8. The summed E-state index contributed by atoms with van der Waals surface area (Å²) >= 11 is 1.05. The van der Waals surface area contributed by atoms with Crippen LogP contribution in [0.4, 0.5) is 4.79 Å². The molecule has 0 aliphatic carbocycles. The molecule has 2 atom stereocenters. The van der Waals surface area contributed by atoms with Gasteiger partial charge in [0.15, 0.2) is 11.5 Å². The fourth-order valence-corrected chi connectivity index (χ4v) is 5.73. The van der Waals surface area contributed by atoms with E-state index in [4.69, 9.17) is 19.3 Å². The van der Waals surface area contributed by atoms with Gasteiger partial charge in [-0.1, -0.05) is 48.5 Å². The van der Waals surface area contributed by atoms with Crippen molar-refractivity contribution in [2.24, 2.45) is 5.10 Å². The van der Waals surface area contributed by atoms with E-state index < -0.39 is 5.85 Å². The second-order valence-corrected chi connectivity index (χ2v) is 9.57. The Balaban J connectivity index is 1.51. The van der Waals surface area contributed by atoms with Crippen LogP contribution in [-0.4, -0.2) is 41.1 Å². The highest BCUT2D eigenvalue weighted by Gasteiger charge is 2.58. The number of carbonyl (C=O) groups excluding carboxylic acids is 1. The Morgan fingerprint density at radius 2 is 1.81 bits per heavy atom. The molecule has 8 nitrogen and oxygen atoms in total. The van der Waals surface area contributed by atoms with Gasteiger partial charge in [0.1, 0.15) is 5.75 Å². The van der Waals surface area contributed by atoms with Gasteiger partial charge >= 0.3 is 5.85 Å². The largest absolute Gasteiger partial charge is 0.502 e. The first-order valence-electron chi connectivity index (χ1n) is 11.4. The maximum Gasteiger partial charge on any atom is 0.314 e. The first kappa shape index (κ1) is 22.4. The van der Waals surface area contributed by atoms with Gasteiger partial charge in [0.05, 0.1) is 30.9 Å². The predicted octanol–water partition coefficient (Wildman–Crippen LogP) is 5.10. The number of ether oxygens (including phenoxy) is 3. The topological polar surface area (TPSA) is 92.6 Å². The maximum absolute atomic E-state index is 12.8. The van der Waals surface area contributed by atoms with Crippen LogP contribution in [0.3, 0.4) is 0 Å². The Hall–Kier alpha value is -4.11. The molecule has 1 fully saturated rings. The molecular formula is C27H23N3O5S. The van der Waals surface area contributed by atoms with Gasteiger partial charge in [-0.2, -0.15) is 5.10 Å². The summed E-state index contributed by atoms with van der Waals surface area (Å²) in [5.41, 5.74) is 3.62. The number of hydrogen-bond donors (Lipinski definition) is 2. The van der Waals surface area contributed by atoms with Crippen LogP contribution in [0.15, 0.2) is 76.7 Å². The van der Waals surface area contributed by atoms with E-state index in [1.807, 2.05) is 65.7 Å². The molecule has 36 heavy (non-hydrogen) atoms. The Labute approximate surface area is 212 Å². The van der Waals surface area contributed by atoms with Gasteiger partial charge in [-0.05, 0) is 47.2 Å². The van der Waals surface area contributed by atoms with Crippen molar-refractivity contribution >= 4 is 28.8 Å². The third kappa shape index (κ3) is 3.46. The molecule has 9 heteroatoms. The third-order valence-corrected chi connectivity index (χ3v) is 7.39. The number of methoxy groups -OCH3 is 2. The average molecular weight is 502 g/mol. The van der Waals surface area contributed by atoms with Gasteiger partial charge in [-0.25, -0.2) is 5.01 Å². The molecule has 3 aromatic rings. The number of amides is 1. The molecule has 3 aliphatic rings.